The van der Waals surface area contributed by atoms with Crippen molar-refractivity contribution in [1.29, 1.82) is 0 Å². The Morgan fingerprint density at radius 3 is 2.59 bits per heavy atom. The molecule has 0 spiro atoms. The van der Waals surface area contributed by atoms with Crippen LogP contribution in [0.5, 0.6) is 23.0 Å². The maximum absolute atomic E-state index is 11.2. The van der Waals surface area contributed by atoms with Gasteiger partial charge in [-0.3, -0.25) is 0 Å². The molecule has 2 aliphatic heterocycles. The summed E-state index contributed by atoms with van der Waals surface area (Å²) in [7, 11) is 4.88. The monoisotopic (exact) mass is 372 g/mol. The van der Waals surface area contributed by atoms with Gasteiger partial charge < -0.3 is 24.1 Å². The Kier molecular flexibility index (Phi) is 3.40. The zero-order chi connectivity index (χ0) is 18.9. The summed E-state index contributed by atoms with van der Waals surface area (Å²) in [4.78, 5) is 0. The first-order chi connectivity index (χ1) is 13.0. The third-order valence-electron chi connectivity index (χ3n) is 5.96. The van der Waals surface area contributed by atoms with Crippen molar-refractivity contribution in [3.63, 3.8) is 0 Å². The molecule has 7 heteroatoms. The average Bonchev–Trinajstić information content (AvgIpc) is 3.12. The van der Waals surface area contributed by atoms with Crippen LogP contribution in [-0.2, 0) is 6.42 Å². The summed E-state index contributed by atoms with van der Waals surface area (Å²) in [5.41, 5.74) is 4.35. The molecule has 0 amide bonds. The van der Waals surface area contributed by atoms with Crippen molar-refractivity contribution in [1.82, 2.24) is 0 Å². The van der Waals surface area contributed by atoms with Gasteiger partial charge in [0.1, 0.15) is 12.6 Å². The number of hydrogen-bond acceptors (Lipinski definition) is 6. The van der Waals surface area contributed by atoms with E-state index in [0.717, 1.165) is 22.3 Å². The first-order valence-corrected chi connectivity index (χ1v) is 8.94. The van der Waals surface area contributed by atoms with Gasteiger partial charge in [0.05, 0.1) is 21.3 Å². The molecule has 3 aliphatic rings. The molecule has 3 atom stereocenters. The van der Waals surface area contributed by atoms with Crippen LogP contribution < -0.4 is 18.9 Å². The van der Waals surface area contributed by atoms with Gasteiger partial charge >= 0.3 is 0 Å². The molecule has 5 rings (SSSR count). The molecule has 2 aromatic carbocycles. The van der Waals surface area contributed by atoms with E-state index in [-0.39, 0.29) is 11.4 Å². The van der Waals surface area contributed by atoms with Crippen LogP contribution in [0.1, 0.15) is 28.8 Å². The number of likely N-dealkylation sites (N-methyl/N-ethyl adjacent to an activating group) is 1. The Balaban J connectivity index is 1.88. The number of nitrogens with zero attached hydrogens (tertiary/aromatic N) is 1. The van der Waals surface area contributed by atoms with E-state index in [2.05, 4.69) is 0 Å². The molecule has 0 radical (unpaired) electrons. The van der Waals surface area contributed by atoms with Crippen molar-refractivity contribution in [3.8, 4) is 34.1 Å². The number of rotatable bonds is 2. The maximum atomic E-state index is 11.2. The number of benzene rings is 2. The molecule has 7 nitrogen and oxygen atoms in total. The van der Waals surface area contributed by atoms with E-state index in [9.17, 15) is 10.3 Å². The van der Waals surface area contributed by atoms with E-state index in [1.807, 2.05) is 12.1 Å². The minimum atomic E-state index is -0.887. The van der Waals surface area contributed by atoms with Gasteiger partial charge in [0, 0.05) is 17.5 Å². The second-order valence-corrected chi connectivity index (χ2v) is 7.43. The summed E-state index contributed by atoms with van der Waals surface area (Å²) < 4.78 is 22.1. The summed E-state index contributed by atoms with van der Waals surface area (Å²) in [6.45, 7) is 0.669. The second-order valence-electron chi connectivity index (χ2n) is 7.43. The quantitative estimate of drug-likeness (QED) is 0.789. The molecule has 27 heavy (non-hydrogen) atoms. The van der Waals surface area contributed by atoms with Crippen LogP contribution in [0, 0.1) is 0 Å². The second kappa shape index (κ2) is 5.51. The van der Waals surface area contributed by atoms with Gasteiger partial charge in [-0.15, -0.1) is 0 Å². The minimum Gasteiger partial charge on any atom is -0.493 e. The van der Waals surface area contributed by atoms with Crippen LogP contribution in [0.4, 0.5) is 0 Å². The topological polar surface area (TPSA) is 77.4 Å². The van der Waals surface area contributed by atoms with Crippen molar-refractivity contribution < 1.29 is 33.9 Å². The van der Waals surface area contributed by atoms with Gasteiger partial charge in [-0.05, 0) is 34.9 Å². The lowest BCUT2D eigenvalue weighted by atomic mass is 9.74. The number of aliphatic hydroxyl groups excluding tert-OH is 1. The van der Waals surface area contributed by atoms with Crippen LogP contribution in [0.3, 0.4) is 0 Å². The van der Waals surface area contributed by atoms with E-state index in [0.29, 0.717) is 41.5 Å². The molecule has 2 N–H and O–H groups in total. The van der Waals surface area contributed by atoms with Crippen LogP contribution in [0.2, 0.25) is 0 Å². The highest BCUT2D eigenvalue weighted by Crippen LogP contribution is 2.59. The summed E-state index contributed by atoms with van der Waals surface area (Å²) in [5, 5.41) is 22.3. The van der Waals surface area contributed by atoms with Crippen LogP contribution in [-0.4, -0.2) is 49.6 Å². The summed E-state index contributed by atoms with van der Waals surface area (Å²) in [5.74, 6) is 2.46. The molecule has 142 valence electrons. The number of methoxy groups -OCH3 is 2. The lowest BCUT2D eigenvalue weighted by Crippen LogP contribution is -2.51. The molecule has 0 aromatic heterocycles. The van der Waals surface area contributed by atoms with Crippen molar-refractivity contribution in [2.75, 3.05) is 34.6 Å². The van der Waals surface area contributed by atoms with Crippen molar-refractivity contribution >= 4 is 0 Å². The fourth-order valence-corrected chi connectivity index (χ4v) is 4.67. The molecule has 0 fully saturated rings. The summed E-state index contributed by atoms with van der Waals surface area (Å²) in [6, 6.07) is 5.11. The van der Waals surface area contributed by atoms with Crippen LogP contribution in [0.25, 0.3) is 11.1 Å². The fraction of sp³-hybridized carbons (Fsp3) is 0.400. The zero-order valence-corrected chi connectivity index (χ0v) is 15.5. The first kappa shape index (κ1) is 16.7. The molecule has 3 unspecified atom stereocenters. The molecule has 2 heterocycles. The number of quaternary nitrogens is 1. The number of hydroxylamine groups is 3. The SMILES string of the molecule is COc1cc2c(cc1OC)C(O)C1c3c(cc4c(c3-2)OCO4)CC[N+]1(C)O. The fourth-order valence-electron chi connectivity index (χ4n) is 4.67. The number of fused-ring (bicyclic) bond motifs is 4. The van der Waals surface area contributed by atoms with E-state index >= 15 is 0 Å². The third-order valence-corrected chi connectivity index (χ3v) is 5.96. The normalized spacial score (nSPS) is 27.0. The van der Waals surface area contributed by atoms with Gasteiger partial charge in [0.25, 0.3) is 0 Å². The number of hydrogen-bond donors (Lipinski definition) is 2. The van der Waals surface area contributed by atoms with Crippen molar-refractivity contribution in [2.45, 2.75) is 18.6 Å². The van der Waals surface area contributed by atoms with Crippen LogP contribution in [0.15, 0.2) is 18.2 Å². The lowest BCUT2D eigenvalue weighted by Gasteiger charge is -2.44. The Labute approximate surface area is 156 Å². The van der Waals surface area contributed by atoms with Crippen molar-refractivity contribution in [3.05, 3.63) is 34.9 Å². The first-order valence-electron chi connectivity index (χ1n) is 8.94. The highest BCUT2D eigenvalue weighted by atomic mass is 16.7. The molecule has 0 saturated heterocycles. The van der Waals surface area contributed by atoms with Crippen LogP contribution >= 0.6 is 0 Å². The Morgan fingerprint density at radius 2 is 1.85 bits per heavy atom. The van der Waals surface area contributed by atoms with Gasteiger partial charge in [-0.25, -0.2) is 5.21 Å². The maximum Gasteiger partial charge on any atom is 0.231 e. The Hall–Kier alpha value is -2.48. The molecule has 0 bridgehead atoms. The highest BCUT2D eigenvalue weighted by molar-refractivity contribution is 5.85. The zero-order valence-electron chi connectivity index (χ0n) is 15.5. The van der Waals surface area contributed by atoms with E-state index < -0.39 is 12.1 Å². The number of aliphatic hydroxyl groups is 1. The van der Waals surface area contributed by atoms with Crippen molar-refractivity contribution in [2.24, 2.45) is 0 Å². The minimum absolute atomic E-state index is 0.159. The number of ether oxygens (including phenoxy) is 4. The molecular weight excluding hydrogens is 350 g/mol. The third kappa shape index (κ3) is 2.13. The molecular formula is C20H22NO6+. The van der Waals surface area contributed by atoms with Gasteiger partial charge in [-0.2, -0.15) is 4.65 Å². The van der Waals surface area contributed by atoms with Gasteiger partial charge in [0.2, 0.25) is 6.79 Å². The average molecular weight is 372 g/mol. The van der Waals surface area contributed by atoms with E-state index in [1.54, 1.807) is 27.3 Å². The highest BCUT2D eigenvalue weighted by Gasteiger charge is 2.51. The van der Waals surface area contributed by atoms with Gasteiger partial charge in [0.15, 0.2) is 29.0 Å². The Morgan fingerprint density at radius 1 is 1.11 bits per heavy atom. The smallest absolute Gasteiger partial charge is 0.231 e. The molecule has 2 aromatic rings. The lowest BCUT2D eigenvalue weighted by molar-refractivity contribution is -1.11. The van der Waals surface area contributed by atoms with Gasteiger partial charge in [-0.1, -0.05) is 0 Å². The predicted octanol–water partition coefficient (Wildman–Crippen LogP) is 2.58. The largest absolute Gasteiger partial charge is 0.493 e. The summed E-state index contributed by atoms with van der Waals surface area (Å²) in [6.07, 6.45) is -0.195. The van der Waals surface area contributed by atoms with E-state index in [1.165, 1.54) is 0 Å². The standard InChI is InChI=1S/C20H22NO6/c1-21(23)5-4-10-6-15-20(27-9-26-15)17-11-7-13(24-2)14(25-3)8-12(11)19(22)18(21)16(10)17/h6-8,18-19,22-23H,4-5,9H2,1-3H3/q+1. The molecule has 0 saturated carbocycles. The Bertz CT molecular complexity index is 954. The predicted molar refractivity (Wildman–Crippen MR) is 95.3 cm³/mol. The summed E-state index contributed by atoms with van der Waals surface area (Å²) >= 11 is 0. The van der Waals surface area contributed by atoms with E-state index in [4.69, 9.17) is 18.9 Å². The molecule has 1 aliphatic carbocycles.